The molecule has 1 aromatic carbocycles. The first-order valence-electron chi connectivity index (χ1n) is 14.4. The van der Waals surface area contributed by atoms with Crippen LogP contribution in [0.1, 0.15) is 42.0 Å². The Morgan fingerprint density at radius 2 is 1.95 bits per heavy atom. The van der Waals surface area contributed by atoms with Gasteiger partial charge >= 0.3 is 0 Å². The number of aromatic nitrogens is 1. The maximum Gasteiger partial charge on any atom is 0.238 e. The van der Waals surface area contributed by atoms with Crippen molar-refractivity contribution in [3.63, 3.8) is 0 Å². The highest BCUT2D eigenvalue weighted by atomic mass is 32.2. The second kappa shape index (κ2) is 14.3. The fourth-order valence-electron chi connectivity index (χ4n) is 5.05. The Kier molecular flexibility index (Phi) is 10.7. The summed E-state index contributed by atoms with van der Waals surface area (Å²) >= 11 is 0. The number of carbonyl (C=O) groups excluding carboxylic acids is 1. The Morgan fingerprint density at radius 3 is 2.60 bits per heavy atom. The molecule has 0 atom stereocenters. The number of nitrogens with one attached hydrogen (secondary N) is 1. The summed E-state index contributed by atoms with van der Waals surface area (Å²) in [5.41, 5.74) is 3.15. The number of anilines is 1. The van der Waals surface area contributed by atoms with Gasteiger partial charge in [0.05, 0.1) is 38.8 Å². The summed E-state index contributed by atoms with van der Waals surface area (Å²) in [7, 11) is -0.472. The first kappa shape index (κ1) is 32.4. The molecule has 1 amide bonds. The van der Waals surface area contributed by atoms with Gasteiger partial charge in [-0.2, -0.15) is 0 Å². The number of piperazine rings is 1. The smallest absolute Gasteiger partial charge is 0.238 e. The molecule has 2 aliphatic rings. The number of hydrogen-bond donors (Lipinski definition) is 1. The van der Waals surface area contributed by atoms with E-state index >= 15 is 4.39 Å². The third-order valence-electron chi connectivity index (χ3n) is 7.46. The molecule has 0 unspecified atom stereocenters. The lowest BCUT2D eigenvalue weighted by molar-refractivity contribution is -0.134. The summed E-state index contributed by atoms with van der Waals surface area (Å²) in [5, 5.41) is 0. The van der Waals surface area contributed by atoms with E-state index in [2.05, 4.69) is 27.6 Å². The zero-order valence-electron chi connectivity index (χ0n) is 25.5. The van der Waals surface area contributed by atoms with Crippen molar-refractivity contribution < 1.29 is 27.1 Å². The summed E-state index contributed by atoms with van der Waals surface area (Å²) in [6.45, 7) is 8.36. The SMILES string of the molecule is CCC/C=C(/N=C(/c1cnc(OC)c(NS(C)(=O)=O)c1)c1cc(F)cc(CN2CCN(C)C(=O)C2)c1C)N1CCOCC1. The van der Waals surface area contributed by atoms with Crippen molar-refractivity contribution >= 4 is 27.3 Å². The van der Waals surface area contributed by atoms with Crippen LogP contribution in [0.15, 0.2) is 41.3 Å². The molecule has 0 radical (unpaired) electrons. The molecule has 1 aromatic heterocycles. The van der Waals surface area contributed by atoms with Crippen molar-refractivity contribution in [2.45, 2.75) is 33.2 Å². The zero-order valence-corrected chi connectivity index (χ0v) is 26.3. The van der Waals surface area contributed by atoms with E-state index in [0.717, 1.165) is 36.0 Å². The highest BCUT2D eigenvalue weighted by Crippen LogP contribution is 2.29. The number of morpholine rings is 1. The molecule has 2 aliphatic heterocycles. The van der Waals surface area contributed by atoms with Gasteiger partial charge in [0, 0.05) is 57.1 Å². The van der Waals surface area contributed by atoms with Crippen LogP contribution >= 0.6 is 0 Å². The van der Waals surface area contributed by atoms with Gasteiger partial charge in [-0.3, -0.25) is 14.4 Å². The number of aliphatic imine (C=N–C) groups is 1. The topological polar surface area (TPSA) is 117 Å². The van der Waals surface area contributed by atoms with Gasteiger partial charge < -0.3 is 19.3 Å². The molecular weight excluding hydrogens is 575 g/mol. The Hall–Kier alpha value is -3.55. The van der Waals surface area contributed by atoms with Crippen LogP contribution in [0.4, 0.5) is 10.1 Å². The van der Waals surface area contributed by atoms with E-state index in [9.17, 15) is 13.2 Å². The molecule has 3 heterocycles. The number of likely N-dealkylation sites (N-methyl/N-ethyl adjacent to an activating group) is 1. The first-order chi connectivity index (χ1) is 20.5. The average molecular weight is 617 g/mol. The predicted molar refractivity (Wildman–Crippen MR) is 164 cm³/mol. The Labute approximate surface area is 253 Å². The highest BCUT2D eigenvalue weighted by molar-refractivity contribution is 7.92. The number of benzene rings is 1. The summed E-state index contributed by atoms with van der Waals surface area (Å²) in [4.78, 5) is 27.7. The van der Waals surface area contributed by atoms with Crippen LogP contribution in [0.25, 0.3) is 0 Å². The number of unbranched alkanes of at least 4 members (excludes halogenated alkanes) is 1. The number of allylic oxidation sites excluding steroid dienone is 1. The normalized spacial score (nSPS) is 17.4. The van der Waals surface area contributed by atoms with Crippen LogP contribution in [0, 0.1) is 12.7 Å². The van der Waals surface area contributed by atoms with Crippen LogP contribution in [0.5, 0.6) is 5.88 Å². The van der Waals surface area contributed by atoms with E-state index in [1.54, 1.807) is 24.2 Å². The number of nitrogens with zero attached hydrogens (tertiary/aromatic N) is 5. The minimum absolute atomic E-state index is 0.0224. The van der Waals surface area contributed by atoms with Crippen molar-refractivity contribution in [3.05, 3.63) is 64.4 Å². The minimum atomic E-state index is -3.66. The standard InChI is InChI=1S/C30H41FN6O5S/c1-6-7-8-27(37-11-13-42-14-12-37)33-29(22-16-26(34-43(5,39)40)30(41-4)32-18-22)25-17-24(31)15-23(21(25)2)19-36-10-9-35(3)28(38)20-36/h8,15-18,34H,6-7,9-14,19-20H2,1-5H3/b27-8-,33-29-. The molecule has 43 heavy (non-hydrogen) atoms. The molecule has 0 aliphatic carbocycles. The molecular formula is C30H41FN6O5S. The number of carbonyl (C=O) groups is 1. The number of ether oxygens (including phenoxy) is 2. The van der Waals surface area contributed by atoms with Gasteiger partial charge in [0.15, 0.2) is 0 Å². The minimum Gasteiger partial charge on any atom is -0.480 e. The highest BCUT2D eigenvalue weighted by Gasteiger charge is 2.24. The zero-order chi connectivity index (χ0) is 31.1. The first-order valence-corrected chi connectivity index (χ1v) is 16.3. The van der Waals surface area contributed by atoms with E-state index in [1.807, 2.05) is 11.8 Å². The van der Waals surface area contributed by atoms with Crippen LogP contribution in [-0.2, 0) is 26.1 Å². The van der Waals surface area contributed by atoms with Crippen LogP contribution in [0.2, 0.25) is 0 Å². The number of halogens is 1. The van der Waals surface area contributed by atoms with Crippen molar-refractivity contribution in [2.24, 2.45) is 4.99 Å². The van der Waals surface area contributed by atoms with Crippen molar-refractivity contribution in [3.8, 4) is 5.88 Å². The van der Waals surface area contributed by atoms with Crippen molar-refractivity contribution in [2.75, 3.05) is 71.1 Å². The summed E-state index contributed by atoms with van der Waals surface area (Å²) in [6.07, 6.45) is 6.35. The molecule has 2 aromatic rings. The van der Waals surface area contributed by atoms with Crippen molar-refractivity contribution in [1.82, 2.24) is 19.7 Å². The number of amides is 1. The number of rotatable bonds is 11. The quantitative estimate of drug-likeness (QED) is 0.383. The number of sulfonamides is 1. The van der Waals surface area contributed by atoms with E-state index in [1.165, 1.54) is 19.2 Å². The van der Waals surface area contributed by atoms with E-state index < -0.39 is 15.8 Å². The maximum atomic E-state index is 15.4. The van der Waals surface area contributed by atoms with Crippen molar-refractivity contribution in [1.29, 1.82) is 0 Å². The molecule has 0 spiro atoms. The average Bonchev–Trinajstić information content (AvgIpc) is 2.96. The van der Waals surface area contributed by atoms with Gasteiger partial charge in [-0.1, -0.05) is 13.3 Å². The van der Waals surface area contributed by atoms with Gasteiger partial charge in [-0.25, -0.2) is 22.8 Å². The lowest BCUT2D eigenvalue weighted by Crippen LogP contribution is -2.48. The number of hydrogen-bond acceptors (Lipinski definition) is 9. The largest absolute Gasteiger partial charge is 0.480 e. The third-order valence-corrected chi connectivity index (χ3v) is 8.05. The van der Waals surface area contributed by atoms with E-state index in [4.69, 9.17) is 14.5 Å². The second-order valence-corrected chi connectivity index (χ2v) is 12.6. The molecule has 2 saturated heterocycles. The van der Waals surface area contributed by atoms with Crippen LogP contribution in [-0.4, -0.2) is 106 Å². The van der Waals surface area contributed by atoms with Gasteiger partial charge in [0.2, 0.25) is 21.8 Å². The molecule has 234 valence electrons. The molecule has 13 heteroatoms. The van der Waals surface area contributed by atoms with Gasteiger partial charge in [0.25, 0.3) is 0 Å². The van der Waals surface area contributed by atoms with Gasteiger partial charge in [0.1, 0.15) is 17.3 Å². The summed E-state index contributed by atoms with van der Waals surface area (Å²) in [5.74, 6) is 0.405. The second-order valence-electron chi connectivity index (χ2n) is 10.8. The lowest BCUT2D eigenvalue weighted by atomic mass is 9.94. The number of pyridine rings is 1. The van der Waals surface area contributed by atoms with E-state index in [0.29, 0.717) is 62.8 Å². The Bertz CT molecular complexity index is 1490. The summed E-state index contributed by atoms with van der Waals surface area (Å²) in [6, 6.07) is 4.54. The van der Waals surface area contributed by atoms with E-state index in [-0.39, 0.29) is 24.0 Å². The summed E-state index contributed by atoms with van der Waals surface area (Å²) < 4.78 is 53.1. The van der Waals surface area contributed by atoms with Gasteiger partial charge in [-0.05, 0) is 48.7 Å². The molecule has 0 saturated carbocycles. The molecule has 4 rings (SSSR count). The number of methoxy groups -OCH3 is 1. The molecule has 2 fully saturated rings. The fraction of sp³-hybridized carbons (Fsp3) is 0.500. The molecule has 1 N–H and O–H groups in total. The maximum absolute atomic E-state index is 15.4. The molecule has 11 nitrogen and oxygen atoms in total. The fourth-order valence-corrected chi connectivity index (χ4v) is 5.60. The van der Waals surface area contributed by atoms with Gasteiger partial charge in [-0.15, -0.1) is 0 Å². The third kappa shape index (κ3) is 8.52. The molecule has 0 bridgehead atoms. The Morgan fingerprint density at radius 1 is 1.21 bits per heavy atom. The van der Waals surface area contributed by atoms with Crippen LogP contribution in [0.3, 0.4) is 0 Å². The predicted octanol–water partition coefficient (Wildman–Crippen LogP) is 2.99. The Balaban J connectivity index is 1.88. The monoisotopic (exact) mass is 616 g/mol. The lowest BCUT2D eigenvalue weighted by Gasteiger charge is -2.32. The van der Waals surface area contributed by atoms with Crippen LogP contribution < -0.4 is 9.46 Å².